The van der Waals surface area contributed by atoms with Crippen LogP contribution in [0.15, 0.2) is 30.3 Å². The largest absolute Gasteiger partial charge is 0.369 e. The van der Waals surface area contributed by atoms with E-state index >= 15 is 8.78 Å². The molecule has 0 spiro atoms. The van der Waals surface area contributed by atoms with Crippen LogP contribution in [0.4, 0.5) is 20.2 Å². The van der Waals surface area contributed by atoms with Gasteiger partial charge in [-0.3, -0.25) is 39.1 Å². The molecule has 272 valence electrons. The zero-order chi connectivity index (χ0) is 36.4. The molecule has 3 saturated heterocycles. The van der Waals surface area contributed by atoms with Crippen molar-refractivity contribution in [3.63, 3.8) is 0 Å². The number of piperidine rings is 2. The molecule has 4 fully saturated rings. The third kappa shape index (κ3) is 6.49. The lowest BCUT2D eigenvalue weighted by Crippen LogP contribution is -2.63. The third-order valence-corrected chi connectivity index (χ3v) is 11.7. The topological polar surface area (TPSA) is 122 Å². The van der Waals surface area contributed by atoms with Crippen molar-refractivity contribution in [2.24, 2.45) is 16.7 Å². The molecule has 0 aromatic heterocycles. The van der Waals surface area contributed by atoms with Gasteiger partial charge in [-0.05, 0) is 72.8 Å². The van der Waals surface area contributed by atoms with Gasteiger partial charge in [-0.1, -0.05) is 27.7 Å². The maximum absolute atomic E-state index is 15.4. The molecule has 4 heterocycles. The lowest BCUT2D eigenvalue weighted by molar-refractivity contribution is -0.136. The van der Waals surface area contributed by atoms with E-state index in [0.29, 0.717) is 56.4 Å². The number of hydrogen-bond donors (Lipinski definition) is 2. The van der Waals surface area contributed by atoms with Gasteiger partial charge in [0.2, 0.25) is 11.8 Å². The van der Waals surface area contributed by atoms with Gasteiger partial charge in [0.05, 0.1) is 22.5 Å². The Morgan fingerprint density at radius 1 is 0.804 bits per heavy atom. The van der Waals surface area contributed by atoms with Crippen LogP contribution in [0.5, 0.6) is 0 Å². The van der Waals surface area contributed by atoms with Crippen molar-refractivity contribution in [2.75, 3.05) is 55.6 Å². The van der Waals surface area contributed by atoms with Crippen LogP contribution in [0.3, 0.4) is 0 Å². The number of nitrogens with one attached hydrogen (secondary N) is 2. The quantitative estimate of drug-likeness (QED) is 0.416. The number of halogens is 2. The van der Waals surface area contributed by atoms with Crippen LogP contribution >= 0.6 is 0 Å². The van der Waals surface area contributed by atoms with Crippen molar-refractivity contribution in [3.05, 3.63) is 58.7 Å². The Morgan fingerprint density at radius 3 is 2.02 bits per heavy atom. The van der Waals surface area contributed by atoms with E-state index in [9.17, 15) is 24.0 Å². The van der Waals surface area contributed by atoms with Crippen LogP contribution in [-0.4, -0.2) is 97.2 Å². The van der Waals surface area contributed by atoms with Gasteiger partial charge in [0.25, 0.3) is 17.7 Å². The fraction of sp³-hybridized carbons (Fsp3) is 0.553. The monoisotopic (exact) mass is 704 g/mol. The number of fused-ring (bicyclic) bond motifs is 1. The summed E-state index contributed by atoms with van der Waals surface area (Å²) in [6, 6.07) is 6.20. The van der Waals surface area contributed by atoms with E-state index < -0.39 is 41.3 Å². The van der Waals surface area contributed by atoms with Crippen LogP contribution in [0.25, 0.3) is 0 Å². The van der Waals surface area contributed by atoms with Gasteiger partial charge < -0.3 is 15.1 Å². The van der Waals surface area contributed by atoms with E-state index in [1.807, 2.05) is 9.80 Å². The van der Waals surface area contributed by atoms with Gasteiger partial charge in [-0.25, -0.2) is 8.78 Å². The molecule has 1 unspecified atom stereocenters. The van der Waals surface area contributed by atoms with E-state index in [0.717, 1.165) is 36.8 Å². The molecule has 51 heavy (non-hydrogen) atoms. The zero-order valence-electron chi connectivity index (χ0n) is 29.7. The summed E-state index contributed by atoms with van der Waals surface area (Å²) in [4.78, 5) is 70.4. The fourth-order valence-electron chi connectivity index (χ4n) is 9.43. The highest BCUT2D eigenvalue weighted by atomic mass is 19.1. The molecule has 2 N–H and O–H groups in total. The summed E-state index contributed by atoms with van der Waals surface area (Å²) in [7, 11) is 0. The second-order valence-electron chi connectivity index (χ2n) is 16.2. The zero-order valence-corrected chi connectivity index (χ0v) is 29.7. The molecule has 13 heteroatoms. The number of benzene rings is 2. The normalized spacial score (nSPS) is 24.0. The maximum Gasteiger partial charge on any atom is 0.262 e. The van der Waals surface area contributed by atoms with Crippen molar-refractivity contribution in [1.82, 2.24) is 20.4 Å². The van der Waals surface area contributed by atoms with Crippen molar-refractivity contribution in [2.45, 2.75) is 71.9 Å². The Hall–Kier alpha value is -4.39. The van der Waals surface area contributed by atoms with Gasteiger partial charge in [-0.15, -0.1) is 0 Å². The highest BCUT2D eigenvalue weighted by Gasteiger charge is 2.53. The van der Waals surface area contributed by atoms with E-state index in [-0.39, 0.29) is 52.4 Å². The molecule has 2 aromatic carbocycles. The first kappa shape index (κ1) is 35.0. The highest BCUT2D eigenvalue weighted by Crippen LogP contribution is 2.53. The molecule has 7 rings (SSSR count). The lowest BCUT2D eigenvalue weighted by atomic mass is 9.52. The van der Waals surface area contributed by atoms with Crippen LogP contribution in [-0.2, 0) is 9.59 Å². The minimum absolute atomic E-state index is 0.00504. The average molecular weight is 705 g/mol. The molecule has 0 radical (unpaired) electrons. The van der Waals surface area contributed by atoms with Crippen molar-refractivity contribution in [3.8, 4) is 0 Å². The molecule has 2 aromatic rings. The number of carbonyl (C=O) groups is 5. The summed E-state index contributed by atoms with van der Waals surface area (Å²) in [6.07, 6.45) is 2.86. The van der Waals surface area contributed by atoms with Crippen LogP contribution in [0.2, 0.25) is 0 Å². The first-order chi connectivity index (χ1) is 24.1. The van der Waals surface area contributed by atoms with E-state index in [1.165, 1.54) is 12.1 Å². The Balaban J connectivity index is 0.904. The second-order valence-corrected chi connectivity index (χ2v) is 16.2. The number of nitrogens with zero attached hydrogens (tertiary/aromatic N) is 4. The van der Waals surface area contributed by atoms with Gasteiger partial charge in [0, 0.05) is 63.8 Å². The lowest BCUT2D eigenvalue weighted by Gasteiger charge is -2.57. The summed E-state index contributed by atoms with van der Waals surface area (Å²) in [6.45, 7) is 13.3. The number of amides is 5. The molecule has 5 aliphatic rings. The Labute approximate surface area is 296 Å². The van der Waals surface area contributed by atoms with Gasteiger partial charge in [0.1, 0.15) is 17.7 Å². The number of carbonyl (C=O) groups excluding carboxylic acids is 5. The summed E-state index contributed by atoms with van der Waals surface area (Å²) < 4.78 is 30.7. The Morgan fingerprint density at radius 2 is 1.41 bits per heavy atom. The number of imide groups is 2. The average Bonchev–Trinajstić information content (AvgIpc) is 3.31. The highest BCUT2D eigenvalue weighted by molar-refractivity contribution is 6.23. The number of hydrogen-bond acceptors (Lipinski definition) is 8. The summed E-state index contributed by atoms with van der Waals surface area (Å²) in [5.41, 5.74) is 1.09. The van der Waals surface area contributed by atoms with E-state index in [1.54, 1.807) is 12.1 Å². The molecule has 1 aliphatic carbocycles. The number of rotatable bonds is 7. The van der Waals surface area contributed by atoms with Crippen LogP contribution in [0.1, 0.15) is 90.9 Å². The van der Waals surface area contributed by atoms with Crippen molar-refractivity contribution < 1.29 is 32.8 Å². The fourth-order valence-corrected chi connectivity index (χ4v) is 9.43. The molecule has 1 saturated carbocycles. The molecule has 4 aliphatic heterocycles. The SMILES string of the molecule is CC1(C)CC(C)(C)C1NC(=O)c1ccc(N2CCC(CN3CCN(c4cc5c(cc4F)C(=O)N(C4CCC(=O)NC4=O)C5=O)CC3)CC2)c(F)c1. The first-order valence-electron chi connectivity index (χ1n) is 18.0. The van der Waals surface area contributed by atoms with Crippen LogP contribution < -0.4 is 20.4 Å². The minimum Gasteiger partial charge on any atom is -0.369 e. The number of anilines is 2. The summed E-state index contributed by atoms with van der Waals surface area (Å²) >= 11 is 0. The predicted molar refractivity (Wildman–Crippen MR) is 186 cm³/mol. The van der Waals surface area contributed by atoms with Crippen LogP contribution in [0, 0.1) is 28.4 Å². The molecule has 0 bridgehead atoms. The molecule has 11 nitrogen and oxygen atoms in total. The van der Waals surface area contributed by atoms with Crippen molar-refractivity contribution >= 4 is 40.9 Å². The Bertz CT molecular complexity index is 1780. The van der Waals surface area contributed by atoms with Gasteiger partial charge >= 0.3 is 0 Å². The maximum atomic E-state index is 15.4. The van der Waals surface area contributed by atoms with Gasteiger partial charge in [0.15, 0.2) is 0 Å². The predicted octanol–water partition coefficient (Wildman–Crippen LogP) is 3.96. The first-order valence-corrected chi connectivity index (χ1v) is 18.0. The summed E-state index contributed by atoms with van der Waals surface area (Å²) in [5.74, 6) is -3.37. The van der Waals surface area contributed by atoms with Gasteiger partial charge in [-0.2, -0.15) is 0 Å². The standard InChI is InChI=1S/C38H46F2N6O5/c1-37(2)21-38(3,4)36(37)42-32(48)23-5-6-28(26(39)17-23)44-11-9-22(10-12-44)20-43-13-15-45(16-14-43)30-19-25-24(18-27(30)40)34(50)46(35(25)51)29-7-8-31(47)41-33(29)49/h5-6,17-19,22,29,36H,7-16,20-21H2,1-4H3,(H,42,48)(H,41,47,49). The molecule has 1 atom stereocenters. The van der Waals surface area contributed by atoms with Crippen molar-refractivity contribution in [1.29, 1.82) is 0 Å². The minimum atomic E-state index is -1.10. The second kappa shape index (κ2) is 13.0. The third-order valence-electron chi connectivity index (χ3n) is 11.7. The number of piperazine rings is 1. The smallest absolute Gasteiger partial charge is 0.262 e. The molecular weight excluding hydrogens is 658 g/mol. The van der Waals surface area contributed by atoms with E-state index in [2.05, 4.69) is 43.2 Å². The molecular formula is C38H46F2N6O5. The Kier molecular flexibility index (Phi) is 8.92. The summed E-state index contributed by atoms with van der Waals surface area (Å²) in [5, 5.41) is 5.30. The molecule has 5 amide bonds. The van der Waals surface area contributed by atoms with E-state index in [4.69, 9.17) is 0 Å².